The molecule has 0 unspecified atom stereocenters. The van der Waals surface area contributed by atoms with E-state index in [9.17, 15) is 9.59 Å². The SMILES string of the molecule is COc1ccc(C)cc1NC(=O)COC(=O)[C@H]1CCCN(c2nc3ccccc3s2)C1. The number of aromatic nitrogens is 1. The van der Waals surface area contributed by atoms with Crippen molar-refractivity contribution in [2.45, 2.75) is 19.8 Å². The average molecular weight is 440 g/mol. The van der Waals surface area contributed by atoms with E-state index >= 15 is 0 Å². The topological polar surface area (TPSA) is 80.8 Å². The van der Waals surface area contributed by atoms with Crippen molar-refractivity contribution >= 4 is 44.2 Å². The third-order valence-corrected chi connectivity index (χ3v) is 6.38. The van der Waals surface area contributed by atoms with E-state index in [-0.39, 0.29) is 18.5 Å². The third kappa shape index (κ3) is 4.96. The maximum Gasteiger partial charge on any atom is 0.311 e. The zero-order valence-corrected chi connectivity index (χ0v) is 18.4. The molecule has 1 aliphatic heterocycles. The van der Waals surface area contributed by atoms with E-state index in [2.05, 4.69) is 10.2 Å². The van der Waals surface area contributed by atoms with Crippen LogP contribution in [-0.2, 0) is 14.3 Å². The smallest absolute Gasteiger partial charge is 0.311 e. The number of para-hydroxylation sites is 1. The van der Waals surface area contributed by atoms with Crippen LogP contribution in [0.2, 0.25) is 0 Å². The van der Waals surface area contributed by atoms with Gasteiger partial charge < -0.3 is 19.7 Å². The average Bonchev–Trinajstić information content (AvgIpc) is 3.22. The highest BCUT2D eigenvalue weighted by atomic mass is 32.1. The number of carbonyl (C=O) groups excluding carboxylic acids is 2. The first-order chi connectivity index (χ1) is 15.0. The van der Waals surface area contributed by atoms with Crippen molar-refractivity contribution in [3.8, 4) is 5.75 Å². The van der Waals surface area contributed by atoms with Gasteiger partial charge in [-0.25, -0.2) is 4.98 Å². The number of aryl methyl sites for hydroxylation is 1. The van der Waals surface area contributed by atoms with E-state index < -0.39 is 5.91 Å². The van der Waals surface area contributed by atoms with Gasteiger partial charge in [-0.15, -0.1) is 0 Å². The number of amides is 1. The Morgan fingerprint density at radius 1 is 1.26 bits per heavy atom. The van der Waals surface area contributed by atoms with Gasteiger partial charge in [0.15, 0.2) is 11.7 Å². The Kier molecular flexibility index (Phi) is 6.36. The zero-order chi connectivity index (χ0) is 21.8. The van der Waals surface area contributed by atoms with Crippen LogP contribution in [0.25, 0.3) is 10.2 Å². The number of piperidine rings is 1. The summed E-state index contributed by atoms with van der Waals surface area (Å²) in [5.74, 6) is -0.459. The number of carbonyl (C=O) groups is 2. The summed E-state index contributed by atoms with van der Waals surface area (Å²) in [7, 11) is 1.54. The van der Waals surface area contributed by atoms with E-state index in [0.29, 0.717) is 18.0 Å². The second-order valence-electron chi connectivity index (χ2n) is 7.61. The van der Waals surface area contributed by atoms with Crippen molar-refractivity contribution in [2.75, 3.05) is 37.0 Å². The molecule has 8 heteroatoms. The quantitative estimate of drug-likeness (QED) is 0.585. The number of nitrogens with zero attached hydrogens (tertiary/aromatic N) is 2. The van der Waals surface area contributed by atoms with Crippen LogP contribution in [0.5, 0.6) is 5.75 Å². The number of methoxy groups -OCH3 is 1. The van der Waals surface area contributed by atoms with Crippen molar-refractivity contribution in [3.05, 3.63) is 48.0 Å². The van der Waals surface area contributed by atoms with Crippen LogP contribution in [0.4, 0.5) is 10.8 Å². The first kappa shape index (κ1) is 21.1. The summed E-state index contributed by atoms with van der Waals surface area (Å²) in [6.45, 7) is 3.01. The Morgan fingerprint density at radius 3 is 2.90 bits per heavy atom. The fourth-order valence-electron chi connectivity index (χ4n) is 3.70. The molecule has 2 aromatic carbocycles. The Bertz CT molecular complexity index is 1060. The lowest BCUT2D eigenvalue weighted by molar-refractivity contribution is -0.151. The van der Waals surface area contributed by atoms with Gasteiger partial charge in [-0.3, -0.25) is 9.59 Å². The molecule has 1 amide bonds. The molecule has 1 aromatic heterocycles. The second kappa shape index (κ2) is 9.34. The number of hydrogen-bond acceptors (Lipinski definition) is 7. The van der Waals surface area contributed by atoms with Crippen LogP contribution in [0.3, 0.4) is 0 Å². The van der Waals surface area contributed by atoms with E-state index in [4.69, 9.17) is 14.5 Å². The van der Waals surface area contributed by atoms with Gasteiger partial charge in [0.1, 0.15) is 5.75 Å². The predicted octanol–water partition coefficient (Wildman–Crippen LogP) is 4.01. The molecule has 0 saturated carbocycles. The lowest BCUT2D eigenvalue weighted by Gasteiger charge is -2.31. The molecule has 4 rings (SSSR count). The molecule has 1 N–H and O–H groups in total. The van der Waals surface area contributed by atoms with Crippen molar-refractivity contribution in [1.29, 1.82) is 0 Å². The summed E-state index contributed by atoms with van der Waals surface area (Å²) in [5, 5.41) is 3.67. The van der Waals surface area contributed by atoms with Crippen LogP contribution in [-0.4, -0.2) is 43.7 Å². The lowest BCUT2D eigenvalue weighted by atomic mass is 9.99. The molecular weight excluding hydrogens is 414 g/mol. The van der Waals surface area contributed by atoms with Gasteiger partial charge in [0.2, 0.25) is 0 Å². The molecule has 1 saturated heterocycles. The standard InChI is InChI=1S/C23H25N3O4S/c1-15-9-10-19(29-2)18(12-15)24-21(27)14-30-22(28)16-6-5-11-26(13-16)23-25-17-7-3-4-8-20(17)31-23/h3-4,7-10,12,16H,5-6,11,13-14H2,1-2H3,(H,24,27)/t16-/m0/s1. The molecule has 3 aromatic rings. The molecule has 2 heterocycles. The predicted molar refractivity (Wildman–Crippen MR) is 122 cm³/mol. The Morgan fingerprint density at radius 2 is 2.10 bits per heavy atom. The van der Waals surface area contributed by atoms with Gasteiger partial charge in [0, 0.05) is 13.1 Å². The molecule has 0 spiro atoms. The maximum absolute atomic E-state index is 12.6. The second-order valence-corrected chi connectivity index (χ2v) is 8.62. The molecule has 0 bridgehead atoms. The minimum absolute atomic E-state index is 0.276. The number of anilines is 2. The molecule has 1 fully saturated rings. The van der Waals surface area contributed by atoms with Crippen LogP contribution >= 0.6 is 11.3 Å². The zero-order valence-electron chi connectivity index (χ0n) is 17.6. The van der Waals surface area contributed by atoms with Crippen LogP contribution in [0.15, 0.2) is 42.5 Å². The van der Waals surface area contributed by atoms with Crippen LogP contribution < -0.4 is 15.0 Å². The highest BCUT2D eigenvalue weighted by Crippen LogP contribution is 2.31. The molecule has 7 nitrogen and oxygen atoms in total. The van der Waals surface area contributed by atoms with E-state index in [0.717, 1.165) is 40.3 Å². The van der Waals surface area contributed by atoms with Crippen molar-refractivity contribution in [1.82, 2.24) is 4.98 Å². The van der Waals surface area contributed by atoms with Crippen molar-refractivity contribution in [2.24, 2.45) is 5.92 Å². The molecule has 162 valence electrons. The molecule has 1 aliphatic rings. The molecule has 1 atom stereocenters. The van der Waals surface area contributed by atoms with Gasteiger partial charge in [-0.1, -0.05) is 29.5 Å². The van der Waals surface area contributed by atoms with Crippen LogP contribution in [0, 0.1) is 12.8 Å². The number of benzene rings is 2. The summed E-state index contributed by atoms with van der Waals surface area (Å²) in [5.41, 5.74) is 2.52. The summed E-state index contributed by atoms with van der Waals surface area (Å²) in [6, 6.07) is 13.5. The molecule has 0 radical (unpaired) electrons. The minimum Gasteiger partial charge on any atom is -0.495 e. The van der Waals surface area contributed by atoms with Crippen LogP contribution in [0.1, 0.15) is 18.4 Å². The van der Waals surface area contributed by atoms with E-state index in [1.165, 1.54) is 0 Å². The summed E-state index contributed by atoms with van der Waals surface area (Å²) in [4.78, 5) is 31.7. The van der Waals surface area contributed by atoms with E-state index in [1.807, 2.05) is 43.3 Å². The number of thiazole rings is 1. The lowest BCUT2D eigenvalue weighted by Crippen LogP contribution is -2.40. The number of rotatable bonds is 6. The van der Waals surface area contributed by atoms with Gasteiger partial charge in [-0.05, 0) is 49.6 Å². The van der Waals surface area contributed by atoms with E-state index in [1.54, 1.807) is 24.5 Å². The minimum atomic E-state index is -0.393. The van der Waals surface area contributed by atoms with Gasteiger partial charge >= 0.3 is 5.97 Å². The monoisotopic (exact) mass is 439 g/mol. The fraction of sp³-hybridized carbons (Fsp3) is 0.348. The summed E-state index contributed by atoms with van der Waals surface area (Å²) < 4.78 is 11.7. The highest BCUT2D eigenvalue weighted by Gasteiger charge is 2.29. The normalized spacial score (nSPS) is 16.2. The fourth-order valence-corrected chi connectivity index (χ4v) is 4.70. The number of esters is 1. The third-order valence-electron chi connectivity index (χ3n) is 5.28. The van der Waals surface area contributed by atoms with Gasteiger partial charge in [0.05, 0.1) is 28.9 Å². The number of ether oxygens (including phenoxy) is 2. The highest BCUT2D eigenvalue weighted by molar-refractivity contribution is 7.22. The first-order valence-corrected chi connectivity index (χ1v) is 11.1. The Hall–Kier alpha value is -3.13. The first-order valence-electron chi connectivity index (χ1n) is 10.2. The Balaban J connectivity index is 1.33. The van der Waals surface area contributed by atoms with Crippen molar-refractivity contribution < 1.29 is 19.1 Å². The Labute approximate surface area is 185 Å². The number of fused-ring (bicyclic) bond motifs is 1. The summed E-state index contributed by atoms with van der Waals surface area (Å²) in [6.07, 6.45) is 1.62. The number of hydrogen-bond donors (Lipinski definition) is 1. The number of nitrogens with one attached hydrogen (secondary N) is 1. The summed E-state index contributed by atoms with van der Waals surface area (Å²) >= 11 is 1.63. The molecular formula is C23H25N3O4S. The maximum atomic E-state index is 12.6. The van der Waals surface area contributed by atoms with Gasteiger partial charge in [0.25, 0.3) is 5.91 Å². The molecule has 0 aliphatic carbocycles. The molecule has 31 heavy (non-hydrogen) atoms. The largest absolute Gasteiger partial charge is 0.495 e. The van der Waals surface area contributed by atoms with Crippen molar-refractivity contribution in [3.63, 3.8) is 0 Å². The van der Waals surface area contributed by atoms with Gasteiger partial charge in [-0.2, -0.15) is 0 Å².